The van der Waals surface area contributed by atoms with Gasteiger partial charge in [-0.2, -0.15) is 5.26 Å². The van der Waals surface area contributed by atoms with E-state index in [-0.39, 0.29) is 0 Å². The summed E-state index contributed by atoms with van der Waals surface area (Å²) in [5.74, 6) is 0. The van der Waals surface area contributed by atoms with E-state index in [1.165, 1.54) is 6.42 Å². The lowest BCUT2D eigenvalue weighted by molar-refractivity contribution is 0.235. The minimum Gasteiger partial charge on any atom is -0.314 e. The Morgan fingerprint density at radius 3 is 2.28 bits per heavy atom. The van der Waals surface area contributed by atoms with E-state index in [0.29, 0.717) is 0 Å². The summed E-state index contributed by atoms with van der Waals surface area (Å²) in [6.45, 7) is 8.53. The second-order valence-corrected chi connectivity index (χ2v) is 5.63. The maximum atomic E-state index is 8.84. The summed E-state index contributed by atoms with van der Waals surface area (Å²) in [6, 6.07) is 2.15. The van der Waals surface area contributed by atoms with E-state index in [2.05, 4.69) is 36.9 Å². The van der Waals surface area contributed by atoms with Gasteiger partial charge in [0, 0.05) is 13.1 Å². The van der Waals surface area contributed by atoms with E-state index in [1.54, 1.807) is 0 Å². The summed E-state index contributed by atoms with van der Waals surface area (Å²) >= 11 is 0. The number of unbranched alkanes of at least 4 members (excludes halogenated alkanes) is 1. The fourth-order valence-electron chi connectivity index (χ4n) is 1.88. The fourth-order valence-corrected chi connectivity index (χ4v) is 1.88. The summed E-state index contributed by atoms with van der Waals surface area (Å²) < 4.78 is 0. The topological polar surface area (TPSA) is 56.3 Å². The van der Waals surface area contributed by atoms with E-state index >= 15 is 0 Å². The molecule has 0 saturated carbocycles. The molecule has 0 aromatic heterocycles. The van der Waals surface area contributed by atoms with Gasteiger partial charge in [0.2, 0.25) is 0 Å². The largest absolute Gasteiger partial charge is 0.314 e. The van der Waals surface area contributed by atoms with Crippen LogP contribution < -0.4 is 5.73 Å². The molecule has 0 aliphatic rings. The van der Waals surface area contributed by atoms with Crippen molar-refractivity contribution in [2.24, 2.45) is 5.73 Å². The Morgan fingerprint density at radius 1 is 1.11 bits per heavy atom. The number of likely N-dealkylation sites (N-methyl/N-ethyl adjacent to an activating group) is 1. The molecule has 4 heteroatoms. The molecule has 0 spiro atoms. The van der Waals surface area contributed by atoms with Gasteiger partial charge in [-0.25, -0.2) is 0 Å². The molecule has 0 aromatic rings. The first kappa shape index (κ1) is 17.4. The minimum absolute atomic E-state index is 0.654. The third-order valence-corrected chi connectivity index (χ3v) is 3.08. The number of nitrogens with two attached hydrogens (primary N) is 1. The molecule has 0 saturated heterocycles. The van der Waals surface area contributed by atoms with Crippen LogP contribution in [-0.2, 0) is 0 Å². The number of nitriles is 1. The summed E-state index contributed by atoms with van der Waals surface area (Å²) in [6.07, 6.45) is 4.14. The normalized spacial score (nSPS) is 14.8. The first-order chi connectivity index (χ1) is 8.41. The molecule has 0 radical (unpaired) electrons. The number of hydrogen-bond donors (Lipinski definition) is 1. The smallest absolute Gasteiger partial charge is 0.101 e. The second-order valence-electron chi connectivity index (χ2n) is 5.63. The third-order valence-electron chi connectivity index (χ3n) is 3.08. The van der Waals surface area contributed by atoms with Crippen molar-refractivity contribution in [1.29, 1.82) is 5.26 Å². The molecule has 0 heterocycles. The molecule has 0 aromatic carbocycles. The summed E-state index contributed by atoms with van der Waals surface area (Å²) in [5, 5.41) is 8.84. The van der Waals surface area contributed by atoms with Crippen molar-refractivity contribution in [1.82, 2.24) is 9.80 Å². The molecule has 4 nitrogen and oxygen atoms in total. The zero-order valence-corrected chi connectivity index (χ0v) is 12.6. The highest BCUT2D eigenvalue weighted by molar-refractivity contribution is 5.00. The van der Waals surface area contributed by atoms with Crippen LogP contribution in [0.5, 0.6) is 0 Å². The quantitative estimate of drug-likeness (QED) is 0.603. The molecule has 0 rings (SSSR count). The van der Waals surface area contributed by atoms with Crippen LogP contribution in [0.1, 0.15) is 39.5 Å². The molecule has 1 atom stereocenters. The Morgan fingerprint density at radius 2 is 1.78 bits per heavy atom. The van der Waals surface area contributed by atoms with Crippen LogP contribution in [0.4, 0.5) is 0 Å². The van der Waals surface area contributed by atoms with Gasteiger partial charge in [-0.1, -0.05) is 6.92 Å². The van der Waals surface area contributed by atoms with Gasteiger partial charge in [-0.3, -0.25) is 0 Å². The average molecular weight is 254 g/mol. The molecule has 0 fully saturated rings. The Hall–Kier alpha value is -0.630. The highest BCUT2D eigenvalue weighted by Crippen LogP contribution is 2.10. The molecule has 2 N–H and O–H groups in total. The monoisotopic (exact) mass is 254 g/mol. The molecule has 106 valence electrons. The van der Waals surface area contributed by atoms with Gasteiger partial charge in [0.05, 0.1) is 6.07 Å². The molecule has 0 bridgehead atoms. The Labute approximate surface area is 113 Å². The lowest BCUT2D eigenvalue weighted by Gasteiger charge is -2.24. The highest BCUT2D eigenvalue weighted by atomic mass is 15.2. The van der Waals surface area contributed by atoms with Crippen LogP contribution in [0.25, 0.3) is 0 Å². The molecule has 0 aliphatic heterocycles. The lowest BCUT2D eigenvalue weighted by Crippen LogP contribution is -2.35. The van der Waals surface area contributed by atoms with Crippen molar-refractivity contribution in [3.05, 3.63) is 0 Å². The predicted molar refractivity (Wildman–Crippen MR) is 77.3 cm³/mol. The summed E-state index contributed by atoms with van der Waals surface area (Å²) in [5.41, 5.74) is 5.16. The van der Waals surface area contributed by atoms with Crippen LogP contribution in [0.2, 0.25) is 0 Å². The summed E-state index contributed by atoms with van der Waals surface area (Å²) in [7, 11) is 4.22. The van der Waals surface area contributed by atoms with Crippen LogP contribution in [0.15, 0.2) is 0 Å². The van der Waals surface area contributed by atoms with Gasteiger partial charge in [0.1, 0.15) is 5.54 Å². The van der Waals surface area contributed by atoms with Crippen molar-refractivity contribution in [2.45, 2.75) is 45.1 Å². The molecule has 1 unspecified atom stereocenters. The van der Waals surface area contributed by atoms with Crippen molar-refractivity contribution >= 4 is 0 Å². The van der Waals surface area contributed by atoms with Gasteiger partial charge in [-0.15, -0.1) is 0 Å². The number of rotatable bonds is 10. The standard InChI is InChI=1S/C14H30N4/c1-5-9-18(12-11-17(3)4)10-7-6-8-14(2,16)13-15/h5-12,16H2,1-4H3. The Balaban J connectivity index is 3.80. The lowest BCUT2D eigenvalue weighted by atomic mass is 9.98. The van der Waals surface area contributed by atoms with Crippen LogP contribution in [0.3, 0.4) is 0 Å². The SMILES string of the molecule is CCCN(CCCCC(C)(N)C#N)CCN(C)C. The van der Waals surface area contributed by atoms with Crippen LogP contribution in [0, 0.1) is 11.3 Å². The van der Waals surface area contributed by atoms with Crippen molar-refractivity contribution < 1.29 is 0 Å². The first-order valence-electron chi connectivity index (χ1n) is 6.98. The molecule has 0 aliphatic carbocycles. The third kappa shape index (κ3) is 9.41. The second kappa shape index (κ2) is 9.32. The van der Waals surface area contributed by atoms with Crippen molar-refractivity contribution in [2.75, 3.05) is 40.3 Å². The minimum atomic E-state index is -0.654. The van der Waals surface area contributed by atoms with E-state index in [9.17, 15) is 0 Å². The number of nitrogens with zero attached hydrogens (tertiary/aromatic N) is 3. The summed E-state index contributed by atoms with van der Waals surface area (Å²) in [4.78, 5) is 4.72. The highest BCUT2D eigenvalue weighted by Gasteiger charge is 2.16. The van der Waals surface area contributed by atoms with Gasteiger partial charge < -0.3 is 15.5 Å². The van der Waals surface area contributed by atoms with Gasteiger partial charge in [0.25, 0.3) is 0 Å². The van der Waals surface area contributed by atoms with E-state index in [1.807, 2.05) is 6.92 Å². The van der Waals surface area contributed by atoms with E-state index < -0.39 is 5.54 Å². The van der Waals surface area contributed by atoms with E-state index in [0.717, 1.165) is 45.4 Å². The van der Waals surface area contributed by atoms with Crippen LogP contribution >= 0.6 is 0 Å². The zero-order valence-electron chi connectivity index (χ0n) is 12.6. The maximum absolute atomic E-state index is 8.84. The van der Waals surface area contributed by atoms with Gasteiger partial charge in [-0.05, 0) is 59.8 Å². The molecule has 18 heavy (non-hydrogen) atoms. The van der Waals surface area contributed by atoms with Crippen LogP contribution in [-0.4, -0.2) is 55.6 Å². The first-order valence-corrected chi connectivity index (χ1v) is 6.98. The fraction of sp³-hybridized carbons (Fsp3) is 0.929. The molecular weight excluding hydrogens is 224 g/mol. The zero-order chi connectivity index (χ0) is 14.0. The predicted octanol–water partition coefficient (Wildman–Crippen LogP) is 1.67. The maximum Gasteiger partial charge on any atom is 0.101 e. The Kier molecular flexibility index (Phi) is 8.99. The van der Waals surface area contributed by atoms with Crippen molar-refractivity contribution in [3.63, 3.8) is 0 Å². The van der Waals surface area contributed by atoms with Crippen molar-refractivity contribution in [3.8, 4) is 6.07 Å². The number of hydrogen-bond acceptors (Lipinski definition) is 4. The van der Waals surface area contributed by atoms with Gasteiger partial charge in [0.15, 0.2) is 0 Å². The molecule has 0 amide bonds. The Bertz CT molecular complexity index is 243. The average Bonchev–Trinajstić information content (AvgIpc) is 2.31. The van der Waals surface area contributed by atoms with E-state index in [4.69, 9.17) is 11.0 Å². The molecular formula is C14H30N4. The van der Waals surface area contributed by atoms with Gasteiger partial charge >= 0.3 is 0 Å².